The van der Waals surface area contributed by atoms with E-state index in [0.29, 0.717) is 19.4 Å². The van der Waals surface area contributed by atoms with Crippen molar-refractivity contribution < 1.29 is 19.4 Å². The molecule has 0 saturated carbocycles. The molecule has 1 N–H and O–H groups in total. The van der Waals surface area contributed by atoms with Gasteiger partial charge in [-0.2, -0.15) is 0 Å². The molecule has 0 aliphatic heterocycles. The molecule has 0 saturated heterocycles. The second kappa shape index (κ2) is 34.1. The highest BCUT2D eigenvalue weighted by Gasteiger charge is 2.03. The lowest BCUT2D eigenvalue weighted by molar-refractivity contribution is -0.144. The summed E-state index contributed by atoms with van der Waals surface area (Å²) in [4.78, 5) is 22.4. The molecule has 0 fully saturated rings. The molecule has 238 valence electrons. The van der Waals surface area contributed by atoms with Crippen LogP contribution in [0.1, 0.15) is 212 Å². The fourth-order valence-corrected chi connectivity index (χ4v) is 5.58. The second-order valence-corrected chi connectivity index (χ2v) is 12.4. The van der Waals surface area contributed by atoms with Gasteiger partial charge in [-0.15, -0.1) is 0 Å². The maximum Gasteiger partial charge on any atom is 0.305 e. The van der Waals surface area contributed by atoms with E-state index in [4.69, 9.17) is 9.84 Å². The minimum absolute atomic E-state index is 0.0112. The van der Waals surface area contributed by atoms with Crippen LogP contribution in [0.3, 0.4) is 0 Å². The molecule has 0 aliphatic rings. The first-order valence-corrected chi connectivity index (χ1v) is 18.0. The number of esters is 1. The van der Waals surface area contributed by atoms with Gasteiger partial charge in [0, 0.05) is 12.8 Å². The van der Waals surface area contributed by atoms with Crippen LogP contribution >= 0.6 is 0 Å². The first-order chi connectivity index (χ1) is 19.7. The zero-order valence-electron chi connectivity index (χ0n) is 27.0. The Balaban J connectivity index is 3.14. The molecule has 0 atom stereocenters. The minimum Gasteiger partial charge on any atom is -0.481 e. The van der Waals surface area contributed by atoms with Crippen molar-refractivity contribution in [1.29, 1.82) is 0 Å². The van der Waals surface area contributed by atoms with Gasteiger partial charge in [0.2, 0.25) is 0 Å². The Morgan fingerprint density at radius 1 is 0.400 bits per heavy atom. The summed E-state index contributed by atoms with van der Waals surface area (Å²) >= 11 is 0. The Morgan fingerprint density at radius 2 is 0.675 bits per heavy atom. The number of unbranched alkanes of at least 4 members (excludes halogenated alkanes) is 28. The molecule has 0 spiro atoms. The molecule has 0 aliphatic carbocycles. The molecular formula is C36H70O4. The summed E-state index contributed by atoms with van der Waals surface area (Å²) in [6.45, 7) is 2.89. The van der Waals surface area contributed by atoms with E-state index >= 15 is 0 Å². The first-order valence-electron chi connectivity index (χ1n) is 18.0. The van der Waals surface area contributed by atoms with Crippen molar-refractivity contribution in [3.63, 3.8) is 0 Å². The van der Waals surface area contributed by atoms with Crippen LogP contribution in [0.5, 0.6) is 0 Å². The zero-order chi connectivity index (χ0) is 29.2. The highest BCUT2D eigenvalue weighted by molar-refractivity contribution is 5.69. The van der Waals surface area contributed by atoms with Gasteiger partial charge in [-0.05, 0) is 19.3 Å². The van der Waals surface area contributed by atoms with Crippen molar-refractivity contribution in [2.75, 3.05) is 6.61 Å². The molecule has 0 heterocycles. The lowest BCUT2D eigenvalue weighted by atomic mass is 10.0. The highest BCUT2D eigenvalue weighted by Crippen LogP contribution is 2.15. The molecule has 0 radical (unpaired) electrons. The Kier molecular flexibility index (Phi) is 33.2. The molecule has 0 aromatic carbocycles. The normalized spacial score (nSPS) is 11.2. The highest BCUT2D eigenvalue weighted by atomic mass is 16.5. The minimum atomic E-state index is -0.661. The fourth-order valence-electron chi connectivity index (χ4n) is 5.58. The summed E-state index contributed by atoms with van der Waals surface area (Å²) in [5, 5.41) is 8.63. The Bertz CT molecular complexity index is 519. The second-order valence-electron chi connectivity index (χ2n) is 12.4. The van der Waals surface area contributed by atoms with Crippen molar-refractivity contribution in [2.24, 2.45) is 0 Å². The third-order valence-corrected chi connectivity index (χ3v) is 8.28. The number of aliphatic carboxylic acids is 1. The standard InChI is InChI=1S/C36H70O4/c1-2-3-4-5-6-7-8-18-21-24-27-30-33-36(39)40-34-31-28-25-22-19-16-14-12-10-9-11-13-15-17-20-23-26-29-32-35(37)38/h2-34H2,1H3,(H,37,38). The maximum atomic E-state index is 11.9. The fraction of sp³-hybridized carbons (Fsp3) is 0.944. The summed E-state index contributed by atoms with van der Waals surface area (Å²) < 4.78 is 5.43. The van der Waals surface area contributed by atoms with E-state index in [2.05, 4.69) is 6.92 Å². The molecule has 0 amide bonds. The van der Waals surface area contributed by atoms with Gasteiger partial charge in [-0.1, -0.05) is 180 Å². The van der Waals surface area contributed by atoms with Crippen LogP contribution in [0.4, 0.5) is 0 Å². The monoisotopic (exact) mass is 567 g/mol. The van der Waals surface area contributed by atoms with Crippen molar-refractivity contribution in [1.82, 2.24) is 0 Å². The number of carbonyl (C=O) groups excluding carboxylic acids is 1. The number of ether oxygens (including phenoxy) is 1. The predicted molar refractivity (Wildman–Crippen MR) is 172 cm³/mol. The molecule has 0 unspecified atom stereocenters. The lowest BCUT2D eigenvalue weighted by Gasteiger charge is -2.06. The van der Waals surface area contributed by atoms with Crippen molar-refractivity contribution >= 4 is 11.9 Å². The van der Waals surface area contributed by atoms with Gasteiger partial charge in [0.1, 0.15) is 0 Å². The van der Waals surface area contributed by atoms with Crippen molar-refractivity contribution in [2.45, 2.75) is 212 Å². The molecular weight excluding hydrogens is 496 g/mol. The first kappa shape index (κ1) is 38.9. The topological polar surface area (TPSA) is 63.6 Å². The zero-order valence-corrected chi connectivity index (χ0v) is 27.0. The van der Waals surface area contributed by atoms with Gasteiger partial charge in [-0.25, -0.2) is 0 Å². The summed E-state index contributed by atoms with van der Waals surface area (Å²) in [6, 6.07) is 0. The number of hydrogen-bond acceptors (Lipinski definition) is 3. The molecule has 4 nitrogen and oxygen atoms in total. The van der Waals surface area contributed by atoms with Crippen molar-refractivity contribution in [3.05, 3.63) is 0 Å². The Morgan fingerprint density at radius 3 is 1.00 bits per heavy atom. The number of carbonyl (C=O) groups is 2. The molecule has 0 aromatic heterocycles. The van der Waals surface area contributed by atoms with Gasteiger partial charge >= 0.3 is 11.9 Å². The van der Waals surface area contributed by atoms with E-state index in [1.807, 2.05) is 0 Å². The molecule has 0 rings (SSSR count). The third-order valence-electron chi connectivity index (χ3n) is 8.28. The number of hydrogen-bond donors (Lipinski definition) is 1. The quantitative estimate of drug-likeness (QED) is 0.0621. The van der Waals surface area contributed by atoms with Crippen LogP contribution in [0, 0.1) is 0 Å². The Hall–Kier alpha value is -1.06. The summed E-state index contributed by atoms with van der Waals surface area (Å²) in [5.41, 5.74) is 0. The van der Waals surface area contributed by atoms with E-state index in [-0.39, 0.29) is 5.97 Å². The van der Waals surface area contributed by atoms with Crippen LogP contribution in [0.2, 0.25) is 0 Å². The molecule has 40 heavy (non-hydrogen) atoms. The number of rotatable bonds is 34. The van der Waals surface area contributed by atoms with E-state index < -0.39 is 5.97 Å². The number of carboxylic acid groups (broad SMARTS) is 1. The largest absolute Gasteiger partial charge is 0.481 e. The summed E-state index contributed by atoms with van der Waals surface area (Å²) in [7, 11) is 0. The van der Waals surface area contributed by atoms with Gasteiger partial charge < -0.3 is 9.84 Å². The molecule has 0 aromatic rings. The summed E-state index contributed by atoms with van der Waals surface area (Å²) in [6.07, 6.45) is 39.7. The number of carboxylic acids is 1. The van der Waals surface area contributed by atoms with Crippen LogP contribution < -0.4 is 0 Å². The van der Waals surface area contributed by atoms with Crippen LogP contribution in [-0.4, -0.2) is 23.7 Å². The SMILES string of the molecule is CCCCCCCCCCCCCCC(=O)OCCCCCCCCCCCCCCCCCCCCC(=O)O. The van der Waals surface area contributed by atoms with Gasteiger partial charge in [0.05, 0.1) is 6.61 Å². The lowest BCUT2D eigenvalue weighted by Crippen LogP contribution is -2.05. The van der Waals surface area contributed by atoms with E-state index in [1.54, 1.807) is 0 Å². The predicted octanol–water partition coefficient (Wildman–Crippen LogP) is 12.1. The van der Waals surface area contributed by atoms with Crippen LogP contribution in [0.25, 0.3) is 0 Å². The van der Waals surface area contributed by atoms with Crippen LogP contribution in [0.15, 0.2) is 0 Å². The third kappa shape index (κ3) is 35.0. The van der Waals surface area contributed by atoms with Crippen LogP contribution in [-0.2, 0) is 14.3 Å². The van der Waals surface area contributed by atoms with E-state index in [0.717, 1.165) is 25.7 Å². The van der Waals surface area contributed by atoms with Crippen molar-refractivity contribution in [3.8, 4) is 0 Å². The van der Waals surface area contributed by atoms with Gasteiger partial charge in [0.15, 0.2) is 0 Å². The average molecular weight is 567 g/mol. The average Bonchev–Trinajstić information content (AvgIpc) is 2.94. The van der Waals surface area contributed by atoms with Gasteiger partial charge in [-0.3, -0.25) is 9.59 Å². The smallest absolute Gasteiger partial charge is 0.305 e. The molecule has 0 bridgehead atoms. The molecule has 4 heteroatoms. The summed E-state index contributed by atoms with van der Waals surface area (Å²) in [5.74, 6) is -0.650. The Labute approximate surface area is 250 Å². The van der Waals surface area contributed by atoms with Gasteiger partial charge in [0.25, 0.3) is 0 Å². The maximum absolute atomic E-state index is 11.9. The van der Waals surface area contributed by atoms with E-state index in [9.17, 15) is 9.59 Å². The van der Waals surface area contributed by atoms with E-state index in [1.165, 1.54) is 167 Å².